The van der Waals surface area contributed by atoms with Crippen LogP contribution in [0.15, 0.2) is 42.3 Å². The molecule has 1 unspecified atom stereocenters. The highest BCUT2D eigenvalue weighted by atomic mass is 16.5. The van der Waals surface area contributed by atoms with Gasteiger partial charge in [0.1, 0.15) is 12.4 Å². The van der Waals surface area contributed by atoms with Crippen molar-refractivity contribution in [2.45, 2.75) is 38.6 Å². The minimum atomic E-state index is -2.80. The molecule has 0 heterocycles. The lowest BCUT2D eigenvalue weighted by Gasteiger charge is -2.13. The van der Waals surface area contributed by atoms with Crippen LogP contribution in [0.25, 0.3) is 0 Å². The molecule has 1 atom stereocenters. The maximum absolute atomic E-state index is 10.5. The predicted octanol–water partition coefficient (Wildman–Crippen LogP) is 4.16. The third-order valence-electron chi connectivity index (χ3n) is 3.22. The number of ether oxygens (including phenoxy) is 3. The molecule has 0 aliphatic heterocycles. The van der Waals surface area contributed by atoms with Crippen LogP contribution in [0.5, 0.6) is 17.2 Å². The summed E-state index contributed by atoms with van der Waals surface area (Å²) in [5, 5.41) is 10.5. The van der Waals surface area contributed by atoms with Crippen molar-refractivity contribution in [3.8, 4) is 17.2 Å². The van der Waals surface area contributed by atoms with E-state index in [4.69, 9.17) is 27.9 Å². The zero-order valence-corrected chi connectivity index (χ0v) is 14.5. The number of rotatable bonds is 10. The molecule has 136 valence electrons. The van der Waals surface area contributed by atoms with Crippen LogP contribution in [0.1, 0.15) is 44.0 Å². The fourth-order valence-electron chi connectivity index (χ4n) is 2.00. The van der Waals surface area contributed by atoms with Crippen LogP contribution in [0.2, 0.25) is 0 Å². The van der Waals surface area contributed by atoms with Crippen molar-refractivity contribution in [2.75, 3.05) is 20.8 Å². The minimum Gasteiger partial charge on any atom is -0.493 e. The number of methoxy groups -OCH3 is 2. The number of benzene rings is 2. The molecule has 2 aromatic rings. The molecule has 0 radical (unpaired) electrons. The van der Waals surface area contributed by atoms with Gasteiger partial charge in [-0.1, -0.05) is 24.5 Å². The lowest BCUT2D eigenvalue weighted by molar-refractivity contribution is 0.0976. The quantitative estimate of drug-likeness (QED) is 0.696. The molecule has 0 bridgehead atoms. The van der Waals surface area contributed by atoms with Crippen LogP contribution in [-0.2, 0) is 6.42 Å². The summed E-state index contributed by atoms with van der Waals surface area (Å²) in [6.07, 6.45) is -5.69. The average Bonchev–Trinajstić information content (AvgIpc) is 2.80. The Morgan fingerprint density at radius 2 is 1.92 bits per heavy atom. The number of hydrogen-bond acceptors (Lipinski definition) is 4. The van der Waals surface area contributed by atoms with Crippen LogP contribution in [0.4, 0.5) is 0 Å². The van der Waals surface area contributed by atoms with Crippen molar-refractivity contribution in [1.82, 2.24) is 0 Å². The number of aliphatic hydroxyl groups is 1. The predicted molar refractivity (Wildman–Crippen MR) is 99.8 cm³/mol. The van der Waals surface area contributed by atoms with E-state index < -0.39 is 36.9 Å². The fraction of sp³-hybridized carbons (Fsp3) is 0.429. The summed E-state index contributed by atoms with van der Waals surface area (Å²) >= 11 is 0. The molecule has 0 aliphatic rings. The summed E-state index contributed by atoms with van der Waals surface area (Å²) in [5.41, 5.74) is 0.221. The molecule has 2 aromatic carbocycles. The first-order valence-electron chi connectivity index (χ1n) is 12.8. The number of hydrogen-bond donors (Lipinski definition) is 1. The van der Waals surface area contributed by atoms with Crippen LogP contribution >= 0.6 is 0 Å². The van der Waals surface area contributed by atoms with Crippen molar-refractivity contribution >= 4 is 0 Å². The van der Waals surface area contributed by atoms with Gasteiger partial charge < -0.3 is 19.3 Å². The van der Waals surface area contributed by atoms with E-state index in [2.05, 4.69) is 0 Å². The summed E-state index contributed by atoms with van der Waals surface area (Å²) in [5.74, 6) is -0.487. The normalized spacial score (nSPS) is 19.4. The Bertz CT molecular complexity index is 1080. The van der Waals surface area contributed by atoms with Gasteiger partial charge in [-0.3, -0.25) is 0 Å². The standard InChI is InChI=1S/C21H28O4/c1-16-7-6-10-19(13-16)25-15-18(22)9-5-4-8-17-11-12-20(23-2)21(14-17)24-3/h6-7,10-14,18,22H,4-5,8-9,15H2,1-3H3/i6D,7D,9D2,10D,11D,12D,13D,14D,18D. The third-order valence-corrected chi connectivity index (χ3v) is 3.22. The van der Waals surface area contributed by atoms with Gasteiger partial charge in [-0.25, -0.2) is 0 Å². The van der Waals surface area contributed by atoms with E-state index in [0.29, 0.717) is 0 Å². The Morgan fingerprint density at radius 1 is 1.12 bits per heavy atom. The summed E-state index contributed by atoms with van der Waals surface area (Å²) in [7, 11) is 2.59. The van der Waals surface area contributed by atoms with E-state index in [-0.39, 0.29) is 72.1 Å². The Labute approximate surface area is 164 Å². The largest absolute Gasteiger partial charge is 0.493 e. The van der Waals surface area contributed by atoms with E-state index >= 15 is 0 Å². The van der Waals surface area contributed by atoms with Crippen LogP contribution in [0.3, 0.4) is 0 Å². The molecular formula is C21H28O4. The van der Waals surface area contributed by atoms with Crippen LogP contribution in [-0.4, -0.2) is 32.0 Å². The monoisotopic (exact) mass is 354 g/mol. The van der Waals surface area contributed by atoms with Crippen molar-refractivity contribution < 1.29 is 33.0 Å². The molecule has 0 fully saturated rings. The molecule has 2 rings (SSSR count). The highest BCUT2D eigenvalue weighted by Crippen LogP contribution is 2.28. The summed E-state index contributed by atoms with van der Waals surface area (Å²) in [6, 6.07) is -2.40. The van der Waals surface area contributed by atoms with Gasteiger partial charge in [0.15, 0.2) is 11.5 Å². The highest BCUT2D eigenvalue weighted by Gasteiger charge is 2.07. The van der Waals surface area contributed by atoms with Crippen LogP contribution in [0, 0.1) is 6.92 Å². The zero-order valence-electron chi connectivity index (χ0n) is 24.5. The second-order valence-corrected chi connectivity index (χ2v) is 5.14. The molecule has 0 aliphatic carbocycles. The Morgan fingerprint density at radius 3 is 2.68 bits per heavy atom. The fourth-order valence-corrected chi connectivity index (χ4v) is 2.00. The van der Waals surface area contributed by atoms with Gasteiger partial charge in [-0.2, -0.15) is 0 Å². The average molecular weight is 355 g/mol. The van der Waals surface area contributed by atoms with Gasteiger partial charge in [0.05, 0.1) is 31.3 Å². The second kappa shape index (κ2) is 9.94. The third kappa shape index (κ3) is 6.31. The first-order chi connectivity index (χ1) is 16.1. The van der Waals surface area contributed by atoms with E-state index in [1.807, 2.05) is 0 Å². The van der Waals surface area contributed by atoms with Gasteiger partial charge in [0.2, 0.25) is 0 Å². The molecular weight excluding hydrogens is 316 g/mol. The molecule has 25 heavy (non-hydrogen) atoms. The van der Waals surface area contributed by atoms with Crippen molar-refractivity contribution in [3.05, 3.63) is 53.4 Å². The molecule has 4 nitrogen and oxygen atoms in total. The molecule has 0 saturated carbocycles. The molecule has 0 amide bonds. The maximum Gasteiger partial charge on any atom is 0.160 e. The second-order valence-electron chi connectivity index (χ2n) is 5.14. The topological polar surface area (TPSA) is 47.9 Å². The van der Waals surface area contributed by atoms with Gasteiger partial charge in [0, 0.05) is 2.74 Å². The van der Waals surface area contributed by atoms with Crippen molar-refractivity contribution in [1.29, 1.82) is 0 Å². The molecule has 4 heteroatoms. The summed E-state index contributed by atoms with van der Waals surface area (Å²) in [6.45, 7) is 0.466. The molecule has 0 aromatic heterocycles. The lowest BCUT2D eigenvalue weighted by Crippen LogP contribution is -2.17. The van der Waals surface area contributed by atoms with E-state index in [0.717, 1.165) is 0 Å². The van der Waals surface area contributed by atoms with E-state index in [9.17, 15) is 5.11 Å². The lowest BCUT2D eigenvalue weighted by atomic mass is 10.0. The van der Waals surface area contributed by atoms with Crippen molar-refractivity contribution in [2.24, 2.45) is 0 Å². The Balaban J connectivity index is 2.18. The molecule has 0 spiro atoms. The summed E-state index contributed by atoms with van der Waals surface area (Å²) < 4.78 is 95.8. The van der Waals surface area contributed by atoms with Gasteiger partial charge >= 0.3 is 0 Å². The van der Waals surface area contributed by atoms with Crippen molar-refractivity contribution in [3.63, 3.8) is 0 Å². The van der Waals surface area contributed by atoms with Gasteiger partial charge in [-0.05, 0) is 61.4 Å². The van der Waals surface area contributed by atoms with E-state index in [1.54, 1.807) is 0 Å². The maximum atomic E-state index is 10.5. The van der Waals surface area contributed by atoms with Gasteiger partial charge in [0.25, 0.3) is 0 Å². The Hall–Kier alpha value is -2.20. The summed E-state index contributed by atoms with van der Waals surface area (Å²) in [4.78, 5) is 0. The zero-order chi connectivity index (χ0) is 26.9. The SMILES string of the molecule is [2H]c1c([2H])c(C)c([2H])c(OCC([2H])(O)C([2H])([2H])CCCc2c([2H])c([2H])c(OC)c(OC)c2[2H])c1[2H]. The molecule has 0 saturated heterocycles. The van der Waals surface area contributed by atoms with Crippen LogP contribution < -0.4 is 14.2 Å². The first kappa shape index (κ1) is 9.48. The smallest absolute Gasteiger partial charge is 0.160 e. The molecule has 1 N–H and O–H groups in total. The minimum absolute atomic E-state index is 0.000441. The van der Waals surface area contributed by atoms with Gasteiger partial charge in [-0.15, -0.1) is 0 Å². The first-order valence-corrected chi connectivity index (χ1v) is 7.75. The Kier molecular flexibility index (Phi) is 3.77. The van der Waals surface area contributed by atoms with E-state index in [1.165, 1.54) is 21.1 Å². The highest BCUT2D eigenvalue weighted by molar-refractivity contribution is 5.42.